The van der Waals surface area contributed by atoms with Crippen LogP contribution in [-0.2, 0) is 6.54 Å². The lowest BCUT2D eigenvalue weighted by atomic mass is 10.2. The Kier molecular flexibility index (Phi) is 5.58. The Labute approximate surface area is 106 Å². The van der Waals surface area contributed by atoms with Crippen LogP contribution in [0.3, 0.4) is 0 Å². The van der Waals surface area contributed by atoms with Gasteiger partial charge in [0.1, 0.15) is 5.76 Å². The zero-order valence-electron chi connectivity index (χ0n) is 10.4. The van der Waals surface area contributed by atoms with E-state index in [4.69, 9.17) is 9.52 Å². The highest BCUT2D eigenvalue weighted by Gasteiger charge is 2.14. The minimum atomic E-state index is -1.01. The van der Waals surface area contributed by atoms with Crippen LogP contribution >= 0.6 is 11.8 Å². The minimum absolute atomic E-state index is 0.0414. The van der Waals surface area contributed by atoms with Gasteiger partial charge in [0.2, 0.25) is 5.76 Å². The Morgan fingerprint density at radius 2 is 2.35 bits per heavy atom. The van der Waals surface area contributed by atoms with Gasteiger partial charge in [-0.05, 0) is 25.7 Å². The Morgan fingerprint density at radius 1 is 1.65 bits per heavy atom. The van der Waals surface area contributed by atoms with E-state index >= 15 is 0 Å². The maximum absolute atomic E-state index is 10.8. The first kappa shape index (κ1) is 14.1. The molecule has 0 aromatic carbocycles. The van der Waals surface area contributed by atoms with Gasteiger partial charge in [-0.3, -0.25) is 0 Å². The van der Waals surface area contributed by atoms with Crippen molar-refractivity contribution in [3.8, 4) is 0 Å². The molecule has 17 heavy (non-hydrogen) atoms. The molecule has 96 valence electrons. The first-order chi connectivity index (χ1) is 8.08. The number of hydrogen-bond donors (Lipinski definition) is 2. The molecule has 1 atom stereocenters. The summed E-state index contributed by atoms with van der Waals surface area (Å²) in [6, 6.07) is 2.21. The summed E-state index contributed by atoms with van der Waals surface area (Å²) in [5, 5.41) is 12.2. The van der Waals surface area contributed by atoms with Crippen LogP contribution in [-0.4, -0.2) is 29.1 Å². The second-order valence-corrected chi connectivity index (χ2v) is 4.88. The highest BCUT2D eigenvalue weighted by molar-refractivity contribution is 7.98. The second kappa shape index (κ2) is 6.71. The number of furan rings is 1. The third-order valence-corrected chi connectivity index (χ3v) is 3.32. The number of rotatable bonds is 7. The van der Waals surface area contributed by atoms with E-state index in [1.165, 1.54) is 0 Å². The molecule has 0 spiro atoms. The number of aryl methyl sites for hydroxylation is 1. The number of carboxylic acids is 1. The van der Waals surface area contributed by atoms with Crippen LogP contribution in [0.5, 0.6) is 0 Å². The van der Waals surface area contributed by atoms with Crippen molar-refractivity contribution >= 4 is 17.7 Å². The molecule has 1 unspecified atom stereocenters. The van der Waals surface area contributed by atoms with Crippen LogP contribution in [0.15, 0.2) is 10.5 Å². The summed E-state index contributed by atoms with van der Waals surface area (Å²) in [6.07, 6.45) is 3.12. The van der Waals surface area contributed by atoms with Crippen molar-refractivity contribution < 1.29 is 14.3 Å². The van der Waals surface area contributed by atoms with Crippen LogP contribution in [0.2, 0.25) is 0 Å². The topological polar surface area (TPSA) is 62.5 Å². The van der Waals surface area contributed by atoms with Gasteiger partial charge in [0.25, 0.3) is 0 Å². The molecule has 0 fully saturated rings. The molecule has 0 aliphatic carbocycles. The molecule has 0 aliphatic rings. The Morgan fingerprint density at radius 3 is 2.82 bits per heavy atom. The number of carboxylic acid groups (broad SMARTS) is 1. The molecular formula is C12H19NO3S. The van der Waals surface area contributed by atoms with Crippen LogP contribution in [0, 0.1) is 6.92 Å². The van der Waals surface area contributed by atoms with Crippen molar-refractivity contribution in [3.05, 3.63) is 23.2 Å². The smallest absolute Gasteiger partial charge is 0.372 e. The maximum atomic E-state index is 10.8. The van der Waals surface area contributed by atoms with Gasteiger partial charge < -0.3 is 14.8 Å². The summed E-state index contributed by atoms with van der Waals surface area (Å²) in [6.45, 7) is 4.45. The van der Waals surface area contributed by atoms with Crippen molar-refractivity contribution in [2.24, 2.45) is 0 Å². The molecule has 0 saturated carbocycles. The van der Waals surface area contributed by atoms with Gasteiger partial charge in [-0.2, -0.15) is 11.8 Å². The molecule has 1 aromatic heterocycles. The van der Waals surface area contributed by atoms with Gasteiger partial charge in [-0.1, -0.05) is 6.92 Å². The zero-order valence-corrected chi connectivity index (χ0v) is 11.3. The lowest BCUT2D eigenvalue weighted by Gasteiger charge is -2.14. The summed E-state index contributed by atoms with van der Waals surface area (Å²) < 4.78 is 5.28. The molecule has 2 N–H and O–H groups in total. The Balaban J connectivity index is 2.57. The SMILES string of the molecule is CCC(CSC)NCc1cc(C)c(C(=O)O)o1. The maximum Gasteiger partial charge on any atom is 0.372 e. The van der Waals surface area contributed by atoms with Crippen molar-refractivity contribution in [3.63, 3.8) is 0 Å². The highest BCUT2D eigenvalue weighted by atomic mass is 32.2. The summed E-state index contributed by atoms with van der Waals surface area (Å²) in [5.74, 6) is 0.756. The van der Waals surface area contributed by atoms with Gasteiger partial charge in [0.05, 0.1) is 6.54 Å². The van der Waals surface area contributed by atoms with Crippen LogP contribution in [0.25, 0.3) is 0 Å². The first-order valence-electron chi connectivity index (χ1n) is 5.63. The van der Waals surface area contributed by atoms with E-state index in [1.54, 1.807) is 24.8 Å². The number of nitrogens with one attached hydrogen (secondary N) is 1. The summed E-state index contributed by atoms with van der Waals surface area (Å²) in [7, 11) is 0. The van der Waals surface area contributed by atoms with E-state index in [9.17, 15) is 4.79 Å². The monoisotopic (exact) mass is 257 g/mol. The minimum Gasteiger partial charge on any atom is -0.475 e. The van der Waals surface area contributed by atoms with Gasteiger partial charge >= 0.3 is 5.97 Å². The fourth-order valence-corrected chi connectivity index (χ4v) is 2.37. The summed E-state index contributed by atoms with van der Waals surface area (Å²) in [4.78, 5) is 10.8. The van der Waals surface area contributed by atoms with Crippen LogP contribution < -0.4 is 5.32 Å². The largest absolute Gasteiger partial charge is 0.475 e. The van der Waals surface area contributed by atoms with E-state index in [0.29, 0.717) is 23.9 Å². The van der Waals surface area contributed by atoms with Crippen molar-refractivity contribution in [2.75, 3.05) is 12.0 Å². The number of carbonyl (C=O) groups is 1. The molecule has 1 heterocycles. The van der Waals surface area contributed by atoms with Crippen molar-refractivity contribution in [1.82, 2.24) is 5.32 Å². The zero-order chi connectivity index (χ0) is 12.8. The molecule has 0 amide bonds. The third-order valence-electron chi connectivity index (χ3n) is 2.59. The fourth-order valence-electron chi connectivity index (χ4n) is 1.61. The number of aromatic carboxylic acids is 1. The molecular weight excluding hydrogens is 238 g/mol. The Bertz CT molecular complexity index is 376. The highest BCUT2D eigenvalue weighted by Crippen LogP contribution is 2.15. The van der Waals surface area contributed by atoms with E-state index in [1.807, 2.05) is 0 Å². The van der Waals surface area contributed by atoms with Crippen LogP contribution in [0.4, 0.5) is 0 Å². The molecule has 0 aliphatic heterocycles. The van der Waals surface area contributed by atoms with Gasteiger partial charge in [-0.15, -0.1) is 0 Å². The quantitative estimate of drug-likeness (QED) is 0.786. The lowest BCUT2D eigenvalue weighted by molar-refractivity contribution is 0.0659. The van der Waals surface area contributed by atoms with Crippen LogP contribution in [0.1, 0.15) is 35.2 Å². The normalized spacial score (nSPS) is 12.6. The molecule has 5 heteroatoms. The molecule has 0 bridgehead atoms. The van der Waals surface area contributed by atoms with Gasteiger partial charge in [-0.25, -0.2) is 4.79 Å². The molecule has 0 radical (unpaired) electrons. The summed E-state index contributed by atoms with van der Waals surface area (Å²) >= 11 is 1.80. The van der Waals surface area contributed by atoms with Crippen molar-refractivity contribution in [2.45, 2.75) is 32.9 Å². The predicted molar refractivity (Wildman–Crippen MR) is 69.7 cm³/mol. The average molecular weight is 257 g/mol. The van der Waals surface area contributed by atoms with E-state index < -0.39 is 5.97 Å². The van der Waals surface area contributed by atoms with E-state index in [-0.39, 0.29) is 5.76 Å². The average Bonchev–Trinajstić information content (AvgIpc) is 2.66. The molecule has 1 aromatic rings. The molecule has 4 nitrogen and oxygen atoms in total. The predicted octanol–water partition coefficient (Wildman–Crippen LogP) is 2.52. The van der Waals surface area contributed by atoms with E-state index in [0.717, 1.165) is 12.2 Å². The van der Waals surface area contributed by atoms with E-state index in [2.05, 4.69) is 18.5 Å². The Hall–Kier alpha value is -0.940. The standard InChI is InChI=1S/C12H19NO3S/c1-4-9(7-17-3)13-6-10-5-8(2)11(16-10)12(14)15/h5,9,13H,4,6-7H2,1-3H3,(H,14,15). The summed E-state index contributed by atoms with van der Waals surface area (Å²) in [5.41, 5.74) is 0.673. The second-order valence-electron chi connectivity index (χ2n) is 3.97. The van der Waals surface area contributed by atoms with Gasteiger partial charge in [0.15, 0.2) is 0 Å². The van der Waals surface area contributed by atoms with Crippen molar-refractivity contribution in [1.29, 1.82) is 0 Å². The number of hydrogen-bond acceptors (Lipinski definition) is 4. The molecule has 0 saturated heterocycles. The fraction of sp³-hybridized carbons (Fsp3) is 0.583. The first-order valence-corrected chi connectivity index (χ1v) is 7.02. The lowest BCUT2D eigenvalue weighted by Crippen LogP contribution is -2.29. The molecule has 1 rings (SSSR count). The number of thioether (sulfide) groups is 1. The van der Waals surface area contributed by atoms with Gasteiger partial charge in [0, 0.05) is 17.4 Å². The third kappa shape index (κ3) is 4.09.